The minimum Gasteiger partial charge on any atom is -0.351 e. The van der Waals surface area contributed by atoms with Gasteiger partial charge in [-0.2, -0.15) is 13.2 Å². The van der Waals surface area contributed by atoms with Gasteiger partial charge in [-0.3, -0.25) is 14.2 Å². The third-order valence-corrected chi connectivity index (χ3v) is 5.77. The molecule has 182 valence electrons. The number of hydrogen-bond donors (Lipinski definition) is 2. The monoisotopic (exact) mass is 488 g/mol. The van der Waals surface area contributed by atoms with Crippen molar-refractivity contribution in [1.29, 1.82) is 0 Å². The van der Waals surface area contributed by atoms with Crippen LogP contribution in [0.15, 0.2) is 65.6 Å². The zero-order valence-corrected chi connectivity index (χ0v) is 18.2. The highest BCUT2D eigenvalue weighted by molar-refractivity contribution is 6.01. The van der Waals surface area contributed by atoms with Crippen molar-refractivity contribution >= 4 is 23.3 Å². The number of aromatic nitrogens is 1. The molecule has 1 atom stereocenters. The smallest absolute Gasteiger partial charge is 0.351 e. The van der Waals surface area contributed by atoms with Gasteiger partial charge in [0.05, 0.1) is 22.9 Å². The van der Waals surface area contributed by atoms with Crippen molar-refractivity contribution in [3.05, 3.63) is 88.1 Å². The van der Waals surface area contributed by atoms with Crippen LogP contribution in [-0.2, 0) is 11.0 Å². The Morgan fingerprint density at radius 3 is 2.49 bits per heavy atom. The first-order valence-electron chi connectivity index (χ1n) is 10.6. The van der Waals surface area contributed by atoms with E-state index >= 15 is 4.39 Å². The number of urea groups is 1. The molecule has 0 saturated carbocycles. The molecule has 1 aromatic heterocycles. The number of pyridine rings is 1. The Labute approximate surface area is 196 Å². The van der Waals surface area contributed by atoms with Gasteiger partial charge in [-0.1, -0.05) is 6.07 Å². The number of carbonyl (C=O) groups excluding carboxylic acids is 2. The summed E-state index contributed by atoms with van der Waals surface area (Å²) in [6.07, 6.45) is -2.63. The number of anilines is 2. The predicted molar refractivity (Wildman–Crippen MR) is 121 cm³/mol. The average molecular weight is 488 g/mol. The fraction of sp³-hybridized carbons (Fsp3) is 0.208. The molecule has 0 radical (unpaired) electrons. The van der Waals surface area contributed by atoms with Gasteiger partial charge in [-0.25, -0.2) is 9.18 Å². The molecule has 0 bridgehead atoms. The van der Waals surface area contributed by atoms with Gasteiger partial charge in [0.25, 0.3) is 5.56 Å². The van der Waals surface area contributed by atoms with E-state index in [2.05, 4.69) is 5.32 Å². The Morgan fingerprint density at radius 2 is 1.83 bits per heavy atom. The maximum absolute atomic E-state index is 15.1. The molecule has 35 heavy (non-hydrogen) atoms. The number of hydrogen-bond acceptors (Lipinski definition) is 3. The Morgan fingerprint density at radius 1 is 1.06 bits per heavy atom. The molecule has 4 rings (SSSR count). The highest BCUT2D eigenvalue weighted by Gasteiger charge is 2.37. The van der Waals surface area contributed by atoms with E-state index < -0.39 is 35.4 Å². The number of carbonyl (C=O) groups is 2. The molecule has 1 aliphatic heterocycles. The second-order valence-electron chi connectivity index (χ2n) is 8.02. The minimum atomic E-state index is -4.67. The van der Waals surface area contributed by atoms with E-state index in [1.54, 1.807) is 12.1 Å². The number of benzene rings is 2. The van der Waals surface area contributed by atoms with Crippen molar-refractivity contribution in [2.75, 3.05) is 16.8 Å². The van der Waals surface area contributed by atoms with Crippen LogP contribution in [0.1, 0.15) is 29.9 Å². The number of primary amides is 1. The molecule has 11 heteroatoms. The molecule has 3 N–H and O–H groups in total. The van der Waals surface area contributed by atoms with E-state index in [1.807, 2.05) is 0 Å². The topological polar surface area (TPSA) is 97.4 Å². The van der Waals surface area contributed by atoms with Crippen LogP contribution in [0.2, 0.25) is 0 Å². The fourth-order valence-electron chi connectivity index (χ4n) is 4.18. The maximum Gasteiger partial charge on any atom is 0.416 e. The van der Waals surface area contributed by atoms with Crippen molar-refractivity contribution in [2.24, 2.45) is 5.73 Å². The lowest BCUT2D eigenvalue weighted by Gasteiger charge is -2.33. The molecule has 0 aliphatic carbocycles. The summed E-state index contributed by atoms with van der Waals surface area (Å²) in [4.78, 5) is 38.0. The zero-order valence-electron chi connectivity index (χ0n) is 18.2. The summed E-state index contributed by atoms with van der Waals surface area (Å²) in [5.41, 5.74) is 3.90. The fourth-order valence-corrected chi connectivity index (χ4v) is 4.18. The number of halogens is 4. The van der Waals surface area contributed by atoms with Gasteiger partial charge in [0.1, 0.15) is 5.82 Å². The Hall–Kier alpha value is -4.15. The third kappa shape index (κ3) is 4.88. The summed E-state index contributed by atoms with van der Waals surface area (Å²) in [5.74, 6) is -2.46. The van der Waals surface area contributed by atoms with E-state index in [0.717, 1.165) is 29.2 Å². The first-order chi connectivity index (χ1) is 16.6. The average Bonchev–Trinajstić information content (AvgIpc) is 2.79. The van der Waals surface area contributed by atoms with Crippen molar-refractivity contribution in [3.63, 3.8) is 0 Å². The molecule has 1 unspecified atom stereocenters. The van der Waals surface area contributed by atoms with Crippen molar-refractivity contribution < 1.29 is 27.2 Å². The molecule has 1 saturated heterocycles. The van der Waals surface area contributed by atoms with Gasteiger partial charge in [-0.15, -0.1) is 0 Å². The summed E-state index contributed by atoms with van der Waals surface area (Å²) in [7, 11) is 0. The van der Waals surface area contributed by atoms with Crippen LogP contribution >= 0.6 is 0 Å². The molecule has 3 amide bonds. The Kier molecular flexibility index (Phi) is 6.33. The number of piperidine rings is 1. The summed E-state index contributed by atoms with van der Waals surface area (Å²) in [6, 6.07) is 10.0. The number of rotatable bonds is 4. The number of nitrogens with two attached hydrogens (primary N) is 1. The van der Waals surface area contributed by atoms with Crippen LogP contribution in [0.4, 0.5) is 33.7 Å². The first-order valence-corrected chi connectivity index (χ1v) is 10.6. The molecule has 1 aliphatic rings. The van der Waals surface area contributed by atoms with Gasteiger partial charge < -0.3 is 16.0 Å². The summed E-state index contributed by atoms with van der Waals surface area (Å²) in [6.45, 7) is 0.147. The maximum atomic E-state index is 15.1. The quantitative estimate of drug-likeness (QED) is 0.533. The minimum absolute atomic E-state index is 0.0232. The standard InChI is InChI=1S/C24H20F4N4O3/c25-18-13-15(31-10-2-1-5-21(31)33)7-9-20(18)32-11-3-4-16(22(32)34)17-12-14(24(26,27)28)6-8-19(17)30-23(29)35/h1-2,5-10,12-13,16H,3-4,11H2,(H3,29,30,35). The lowest BCUT2D eigenvalue weighted by Crippen LogP contribution is -2.41. The number of nitrogens with one attached hydrogen (secondary N) is 1. The van der Waals surface area contributed by atoms with Gasteiger partial charge in [0.15, 0.2) is 0 Å². The predicted octanol–water partition coefficient (Wildman–Crippen LogP) is 4.40. The van der Waals surface area contributed by atoms with Crippen LogP contribution in [0.3, 0.4) is 0 Å². The van der Waals surface area contributed by atoms with Crippen LogP contribution in [0, 0.1) is 5.82 Å². The van der Waals surface area contributed by atoms with Crippen LogP contribution in [-0.4, -0.2) is 23.1 Å². The number of amides is 3. The number of alkyl halides is 3. The van der Waals surface area contributed by atoms with E-state index in [1.165, 1.54) is 29.0 Å². The van der Waals surface area contributed by atoms with E-state index in [0.29, 0.717) is 6.42 Å². The number of nitrogens with zero attached hydrogens (tertiary/aromatic N) is 2. The summed E-state index contributed by atoms with van der Waals surface area (Å²) in [5, 5.41) is 2.26. The van der Waals surface area contributed by atoms with E-state index in [4.69, 9.17) is 5.73 Å². The van der Waals surface area contributed by atoms with Gasteiger partial charge in [-0.05, 0) is 54.8 Å². The third-order valence-electron chi connectivity index (χ3n) is 5.77. The van der Waals surface area contributed by atoms with E-state index in [9.17, 15) is 27.6 Å². The Bertz CT molecular complexity index is 1350. The Balaban J connectivity index is 1.71. The van der Waals surface area contributed by atoms with Crippen molar-refractivity contribution in [1.82, 2.24) is 4.57 Å². The second kappa shape index (κ2) is 9.24. The molecule has 3 aromatic rings. The zero-order chi connectivity index (χ0) is 25.3. The SMILES string of the molecule is NC(=O)Nc1ccc(C(F)(F)F)cc1C1CCCN(c2ccc(-n3ccccc3=O)cc2F)C1=O. The lowest BCUT2D eigenvalue weighted by molar-refractivity contribution is -0.137. The normalized spacial score (nSPS) is 16.3. The van der Waals surface area contributed by atoms with Crippen molar-refractivity contribution in [2.45, 2.75) is 24.9 Å². The van der Waals surface area contributed by atoms with Gasteiger partial charge in [0.2, 0.25) is 5.91 Å². The van der Waals surface area contributed by atoms with Crippen LogP contribution in [0.25, 0.3) is 5.69 Å². The highest BCUT2D eigenvalue weighted by atomic mass is 19.4. The molecular formula is C24H20F4N4O3. The largest absolute Gasteiger partial charge is 0.416 e. The van der Waals surface area contributed by atoms with Crippen LogP contribution < -0.4 is 21.5 Å². The lowest BCUT2D eigenvalue weighted by atomic mass is 9.87. The molecule has 0 spiro atoms. The first kappa shape index (κ1) is 24.0. The second-order valence-corrected chi connectivity index (χ2v) is 8.02. The van der Waals surface area contributed by atoms with Gasteiger partial charge >= 0.3 is 12.2 Å². The summed E-state index contributed by atoms with van der Waals surface area (Å²) < 4.78 is 56.4. The van der Waals surface area contributed by atoms with E-state index in [-0.39, 0.29) is 41.2 Å². The van der Waals surface area contributed by atoms with Crippen molar-refractivity contribution in [3.8, 4) is 5.69 Å². The molecular weight excluding hydrogens is 468 g/mol. The molecule has 2 aromatic carbocycles. The molecule has 2 heterocycles. The molecule has 1 fully saturated rings. The highest BCUT2D eigenvalue weighted by Crippen LogP contribution is 2.39. The molecule has 7 nitrogen and oxygen atoms in total. The van der Waals surface area contributed by atoms with Crippen LogP contribution in [0.5, 0.6) is 0 Å². The van der Waals surface area contributed by atoms with Gasteiger partial charge in [0, 0.05) is 30.6 Å². The summed E-state index contributed by atoms with van der Waals surface area (Å²) >= 11 is 0.